The summed E-state index contributed by atoms with van der Waals surface area (Å²) in [5, 5.41) is 12.9. The predicted molar refractivity (Wildman–Crippen MR) is 138 cm³/mol. The van der Waals surface area contributed by atoms with Crippen molar-refractivity contribution in [2.45, 2.75) is 0 Å². The highest BCUT2D eigenvalue weighted by Gasteiger charge is 2.22. The number of hydrogen-bond donors (Lipinski definition) is 2. The molecule has 3 N–H and O–H groups in total. The number of hydrogen-bond acceptors (Lipinski definition) is 7. The first-order chi connectivity index (χ1) is 17.5. The SMILES string of the molecule is COCOc1cccc(OC)c1-c1cc(-c2cccc(N)c2)c(C#N)c(NC(=O)c2ccccc2)n1. The number of nitrogens with two attached hydrogens (primary N) is 1. The monoisotopic (exact) mass is 480 g/mol. The lowest BCUT2D eigenvalue weighted by atomic mass is 9.97. The number of anilines is 2. The zero-order valence-electron chi connectivity index (χ0n) is 19.8. The molecule has 180 valence electrons. The van der Waals surface area contributed by atoms with Crippen molar-refractivity contribution in [3.63, 3.8) is 0 Å². The second-order valence-electron chi connectivity index (χ2n) is 7.72. The number of nitrogens with one attached hydrogen (secondary N) is 1. The Labute approximate surface area is 208 Å². The third-order valence-corrected chi connectivity index (χ3v) is 5.39. The second kappa shape index (κ2) is 11.0. The van der Waals surface area contributed by atoms with Gasteiger partial charge in [0.2, 0.25) is 0 Å². The molecule has 1 aromatic heterocycles. The van der Waals surface area contributed by atoms with Crippen molar-refractivity contribution in [1.29, 1.82) is 5.26 Å². The molecule has 0 bridgehead atoms. The van der Waals surface area contributed by atoms with Crippen LogP contribution in [0.3, 0.4) is 0 Å². The molecule has 0 aliphatic rings. The van der Waals surface area contributed by atoms with Gasteiger partial charge < -0.3 is 25.3 Å². The molecule has 0 saturated carbocycles. The van der Waals surface area contributed by atoms with Crippen molar-refractivity contribution in [1.82, 2.24) is 4.98 Å². The Morgan fingerprint density at radius 2 is 1.75 bits per heavy atom. The lowest BCUT2D eigenvalue weighted by molar-refractivity contribution is 0.0514. The lowest BCUT2D eigenvalue weighted by Gasteiger charge is -2.17. The van der Waals surface area contributed by atoms with Gasteiger partial charge in [-0.05, 0) is 48.0 Å². The topological polar surface area (TPSA) is 119 Å². The van der Waals surface area contributed by atoms with E-state index in [9.17, 15) is 10.1 Å². The lowest BCUT2D eigenvalue weighted by Crippen LogP contribution is -2.15. The number of nitrogen functional groups attached to an aromatic ring is 1. The van der Waals surface area contributed by atoms with Crippen LogP contribution >= 0.6 is 0 Å². The van der Waals surface area contributed by atoms with Gasteiger partial charge in [-0.1, -0.05) is 36.4 Å². The third kappa shape index (κ3) is 5.12. The highest BCUT2D eigenvalue weighted by Crippen LogP contribution is 2.41. The van der Waals surface area contributed by atoms with Crippen LogP contribution < -0.4 is 20.5 Å². The Hall–Kier alpha value is -4.87. The van der Waals surface area contributed by atoms with E-state index < -0.39 is 5.91 Å². The molecule has 8 heteroatoms. The minimum atomic E-state index is -0.397. The minimum Gasteiger partial charge on any atom is -0.496 e. The number of carbonyl (C=O) groups excluding carboxylic acids is 1. The van der Waals surface area contributed by atoms with Gasteiger partial charge in [0.25, 0.3) is 5.91 Å². The van der Waals surface area contributed by atoms with Gasteiger partial charge in [-0.25, -0.2) is 4.98 Å². The predicted octanol–water partition coefficient (Wildman–Crippen LogP) is 5.11. The highest BCUT2D eigenvalue weighted by atomic mass is 16.7. The number of nitrogens with zero attached hydrogens (tertiary/aromatic N) is 2. The molecular formula is C28H24N4O4. The zero-order chi connectivity index (χ0) is 25.5. The van der Waals surface area contributed by atoms with Gasteiger partial charge in [0, 0.05) is 23.9 Å². The first-order valence-electron chi connectivity index (χ1n) is 11.0. The fraction of sp³-hybridized carbons (Fsp3) is 0.107. The molecule has 3 aromatic carbocycles. The first-order valence-corrected chi connectivity index (χ1v) is 11.0. The van der Waals surface area contributed by atoms with Crippen LogP contribution in [0, 0.1) is 11.3 Å². The van der Waals surface area contributed by atoms with Gasteiger partial charge in [0.1, 0.15) is 23.1 Å². The standard InChI is InChI=1S/C28H24N4O4/c1-34-17-36-25-13-7-12-24(35-2)26(25)23-15-21(19-10-6-11-20(30)14-19)22(16-29)27(31-23)32-28(33)18-8-4-3-5-9-18/h3-15H,17,30H2,1-2H3,(H,31,32,33). The Bertz CT molecular complexity index is 1430. The van der Waals surface area contributed by atoms with Crippen LogP contribution in [-0.4, -0.2) is 31.9 Å². The van der Waals surface area contributed by atoms with E-state index in [1.54, 1.807) is 73.8 Å². The van der Waals surface area contributed by atoms with Crippen LogP contribution in [0.15, 0.2) is 78.9 Å². The maximum Gasteiger partial charge on any atom is 0.256 e. The van der Waals surface area contributed by atoms with Crippen molar-refractivity contribution in [2.75, 3.05) is 32.1 Å². The zero-order valence-corrected chi connectivity index (χ0v) is 19.8. The van der Waals surface area contributed by atoms with Crippen molar-refractivity contribution in [3.05, 3.63) is 90.0 Å². The van der Waals surface area contributed by atoms with Crippen molar-refractivity contribution in [2.24, 2.45) is 0 Å². The molecule has 8 nitrogen and oxygen atoms in total. The Morgan fingerprint density at radius 3 is 2.44 bits per heavy atom. The van der Waals surface area contributed by atoms with Crippen LogP contribution in [0.25, 0.3) is 22.4 Å². The molecule has 1 amide bonds. The molecule has 0 spiro atoms. The van der Waals surface area contributed by atoms with E-state index in [4.69, 9.17) is 19.9 Å². The minimum absolute atomic E-state index is 0.0100. The van der Waals surface area contributed by atoms with E-state index in [0.717, 1.165) is 0 Å². The summed E-state index contributed by atoms with van der Waals surface area (Å²) in [6, 6.07) is 25.1. The number of pyridine rings is 1. The molecule has 0 radical (unpaired) electrons. The largest absolute Gasteiger partial charge is 0.496 e. The number of nitriles is 1. The number of rotatable bonds is 8. The highest BCUT2D eigenvalue weighted by molar-refractivity contribution is 6.05. The summed E-state index contributed by atoms with van der Waals surface area (Å²) < 4.78 is 16.5. The molecule has 1 heterocycles. The molecule has 0 aliphatic carbocycles. The van der Waals surface area contributed by atoms with Crippen molar-refractivity contribution >= 4 is 17.4 Å². The fourth-order valence-corrected chi connectivity index (χ4v) is 3.76. The number of benzene rings is 3. The third-order valence-electron chi connectivity index (χ3n) is 5.39. The van der Waals surface area contributed by atoms with Gasteiger partial charge in [0.15, 0.2) is 12.6 Å². The molecule has 36 heavy (non-hydrogen) atoms. The summed E-state index contributed by atoms with van der Waals surface area (Å²) in [7, 11) is 3.06. The maximum atomic E-state index is 13.0. The quantitative estimate of drug-likeness (QED) is 0.265. The van der Waals surface area contributed by atoms with E-state index >= 15 is 0 Å². The summed E-state index contributed by atoms with van der Waals surface area (Å²) in [6.45, 7) is 0.0100. The molecule has 4 rings (SSSR count). The van der Waals surface area contributed by atoms with E-state index in [2.05, 4.69) is 16.4 Å². The van der Waals surface area contributed by atoms with Gasteiger partial charge in [-0.2, -0.15) is 5.26 Å². The number of carbonyl (C=O) groups is 1. The van der Waals surface area contributed by atoms with Gasteiger partial charge >= 0.3 is 0 Å². The summed E-state index contributed by atoms with van der Waals surface area (Å²) in [5.41, 5.74) is 9.41. The van der Waals surface area contributed by atoms with Crippen LogP contribution in [0.1, 0.15) is 15.9 Å². The molecule has 4 aromatic rings. The van der Waals surface area contributed by atoms with Gasteiger partial charge in [0.05, 0.1) is 18.4 Å². The van der Waals surface area contributed by atoms with Gasteiger partial charge in [-0.15, -0.1) is 0 Å². The number of aromatic nitrogens is 1. The fourth-order valence-electron chi connectivity index (χ4n) is 3.76. The van der Waals surface area contributed by atoms with Crippen LogP contribution in [-0.2, 0) is 4.74 Å². The van der Waals surface area contributed by atoms with E-state index in [-0.39, 0.29) is 18.2 Å². The molecular weight excluding hydrogens is 456 g/mol. The Balaban J connectivity index is 1.96. The Morgan fingerprint density at radius 1 is 1.00 bits per heavy atom. The second-order valence-corrected chi connectivity index (χ2v) is 7.72. The number of amides is 1. The summed E-state index contributed by atoms with van der Waals surface area (Å²) in [4.78, 5) is 17.7. The average Bonchev–Trinajstić information content (AvgIpc) is 2.91. The average molecular weight is 481 g/mol. The summed E-state index contributed by atoms with van der Waals surface area (Å²) in [6.07, 6.45) is 0. The number of methoxy groups -OCH3 is 2. The van der Waals surface area contributed by atoms with Crippen LogP contribution in [0.5, 0.6) is 11.5 Å². The first kappa shape index (κ1) is 24.3. The summed E-state index contributed by atoms with van der Waals surface area (Å²) >= 11 is 0. The van der Waals surface area contributed by atoms with E-state index in [1.165, 1.54) is 7.11 Å². The van der Waals surface area contributed by atoms with Crippen LogP contribution in [0.2, 0.25) is 0 Å². The molecule has 0 aliphatic heterocycles. The molecule has 0 saturated heterocycles. The van der Waals surface area contributed by atoms with E-state index in [1.807, 2.05) is 12.1 Å². The van der Waals surface area contributed by atoms with Gasteiger partial charge in [-0.3, -0.25) is 4.79 Å². The maximum absolute atomic E-state index is 13.0. The molecule has 0 fully saturated rings. The van der Waals surface area contributed by atoms with Crippen molar-refractivity contribution < 1.29 is 19.0 Å². The van der Waals surface area contributed by atoms with E-state index in [0.29, 0.717) is 45.1 Å². The summed E-state index contributed by atoms with van der Waals surface area (Å²) in [5.74, 6) is 0.669. The Kier molecular flexibility index (Phi) is 7.44. The van der Waals surface area contributed by atoms with Crippen LogP contribution in [0.4, 0.5) is 11.5 Å². The molecule has 0 unspecified atom stereocenters. The number of ether oxygens (including phenoxy) is 3. The normalized spacial score (nSPS) is 10.4. The smallest absolute Gasteiger partial charge is 0.256 e. The molecule has 0 atom stereocenters. The van der Waals surface area contributed by atoms with Crippen molar-refractivity contribution in [3.8, 4) is 40.0 Å².